The van der Waals surface area contributed by atoms with Crippen LogP contribution >= 0.6 is 0 Å². The second-order valence-corrected chi connectivity index (χ2v) is 7.01. The third kappa shape index (κ3) is 5.52. The maximum Gasteiger partial charge on any atom is 0.391 e. The normalized spacial score (nSPS) is 14.9. The van der Waals surface area contributed by atoms with Crippen LogP contribution in [-0.2, 0) is 0 Å². The summed E-state index contributed by atoms with van der Waals surface area (Å²) < 4.78 is 54.0. The lowest BCUT2D eigenvalue weighted by Crippen LogP contribution is -2.33. The van der Waals surface area contributed by atoms with E-state index in [2.05, 4.69) is 15.6 Å². The van der Waals surface area contributed by atoms with Gasteiger partial charge in [0.05, 0.1) is 18.0 Å². The van der Waals surface area contributed by atoms with Gasteiger partial charge in [0, 0.05) is 24.0 Å². The lowest BCUT2D eigenvalue weighted by molar-refractivity contribution is -0.139. The summed E-state index contributed by atoms with van der Waals surface area (Å²) in [6, 6.07) is 3.51. The average molecular weight is 409 g/mol. The molecule has 1 atom stereocenters. The van der Waals surface area contributed by atoms with Crippen molar-refractivity contribution in [3.8, 4) is 0 Å². The monoisotopic (exact) mass is 409 g/mol. The largest absolute Gasteiger partial charge is 0.391 e. The molecule has 1 fully saturated rings. The molecule has 0 spiro atoms. The van der Waals surface area contributed by atoms with E-state index in [-0.39, 0.29) is 28.3 Å². The predicted octanol–water partition coefficient (Wildman–Crippen LogP) is 3.84. The van der Waals surface area contributed by atoms with Crippen LogP contribution in [0.15, 0.2) is 36.7 Å². The van der Waals surface area contributed by atoms with E-state index in [1.54, 1.807) is 0 Å². The predicted molar refractivity (Wildman–Crippen MR) is 96.7 cm³/mol. The minimum Gasteiger partial charge on any atom is -0.349 e. The third-order valence-corrected chi connectivity index (χ3v) is 4.60. The van der Waals surface area contributed by atoms with Crippen LogP contribution in [0.2, 0.25) is 0 Å². The number of aromatic nitrogens is 1. The number of nitrogens with one attached hydrogen (secondary N) is 2. The number of carbonyl (C=O) groups excluding carboxylic acids is 2. The summed E-state index contributed by atoms with van der Waals surface area (Å²) in [6.45, 7) is 1.31. The quantitative estimate of drug-likeness (QED) is 0.712. The Morgan fingerprint density at radius 3 is 2.52 bits per heavy atom. The standard InChI is InChI=1S/C20H19F4N3O2/c1-11-15(7-13(8-16(11)21)19(29)26-14-4-5-14)17(9-20(22,23)24)27-18(28)12-3-2-6-25-10-12/h2-3,6-8,10,14,17H,4-5,9H2,1H3,(H,26,29)(H,27,28). The molecule has 0 aliphatic heterocycles. The Morgan fingerprint density at radius 1 is 1.21 bits per heavy atom. The van der Waals surface area contributed by atoms with Crippen molar-refractivity contribution in [1.29, 1.82) is 0 Å². The SMILES string of the molecule is Cc1c(F)cc(C(=O)NC2CC2)cc1C(CC(F)(F)F)NC(=O)c1cccnc1. The van der Waals surface area contributed by atoms with Crippen LogP contribution in [0.3, 0.4) is 0 Å². The van der Waals surface area contributed by atoms with Crippen molar-refractivity contribution in [3.05, 3.63) is 64.7 Å². The van der Waals surface area contributed by atoms with Gasteiger partial charge in [-0.1, -0.05) is 0 Å². The van der Waals surface area contributed by atoms with Gasteiger partial charge in [0.2, 0.25) is 0 Å². The number of carbonyl (C=O) groups is 2. The number of rotatable bonds is 6. The summed E-state index contributed by atoms with van der Waals surface area (Å²) >= 11 is 0. The summed E-state index contributed by atoms with van der Waals surface area (Å²) in [5, 5.41) is 4.97. The van der Waals surface area contributed by atoms with Gasteiger partial charge in [-0.05, 0) is 55.2 Å². The van der Waals surface area contributed by atoms with Gasteiger partial charge in [0.15, 0.2) is 0 Å². The smallest absolute Gasteiger partial charge is 0.349 e. The summed E-state index contributed by atoms with van der Waals surface area (Å²) in [5.74, 6) is -2.15. The molecular weight excluding hydrogens is 390 g/mol. The van der Waals surface area contributed by atoms with E-state index in [1.807, 2.05) is 0 Å². The molecule has 154 valence electrons. The van der Waals surface area contributed by atoms with E-state index < -0.39 is 36.3 Å². The van der Waals surface area contributed by atoms with Crippen LogP contribution in [0.5, 0.6) is 0 Å². The van der Waals surface area contributed by atoms with Gasteiger partial charge in [0.25, 0.3) is 11.8 Å². The van der Waals surface area contributed by atoms with Crippen molar-refractivity contribution in [2.45, 2.75) is 44.4 Å². The molecule has 9 heteroatoms. The van der Waals surface area contributed by atoms with E-state index >= 15 is 0 Å². The summed E-state index contributed by atoms with van der Waals surface area (Å²) in [4.78, 5) is 28.4. The molecule has 0 bridgehead atoms. The van der Waals surface area contributed by atoms with Crippen molar-refractivity contribution in [2.24, 2.45) is 0 Å². The highest BCUT2D eigenvalue weighted by Gasteiger charge is 2.35. The van der Waals surface area contributed by atoms with Crippen molar-refractivity contribution in [3.63, 3.8) is 0 Å². The van der Waals surface area contributed by atoms with E-state index in [9.17, 15) is 27.2 Å². The van der Waals surface area contributed by atoms with Crippen molar-refractivity contribution in [2.75, 3.05) is 0 Å². The molecule has 1 saturated carbocycles. The Morgan fingerprint density at radius 2 is 1.93 bits per heavy atom. The molecule has 2 aromatic rings. The minimum atomic E-state index is -4.62. The molecule has 5 nitrogen and oxygen atoms in total. The lowest BCUT2D eigenvalue weighted by Gasteiger charge is -2.23. The first-order valence-corrected chi connectivity index (χ1v) is 9.02. The van der Waals surface area contributed by atoms with E-state index in [1.165, 1.54) is 37.5 Å². The molecule has 0 radical (unpaired) electrons. The number of halogens is 4. The van der Waals surface area contributed by atoms with Crippen LogP contribution < -0.4 is 10.6 Å². The van der Waals surface area contributed by atoms with Crippen molar-refractivity contribution in [1.82, 2.24) is 15.6 Å². The molecule has 2 N–H and O–H groups in total. The van der Waals surface area contributed by atoms with Gasteiger partial charge in [-0.3, -0.25) is 14.6 Å². The van der Waals surface area contributed by atoms with E-state index in [0.717, 1.165) is 18.9 Å². The van der Waals surface area contributed by atoms with E-state index in [0.29, 0.717) is 0 Å². The van der Waals surface area contributed by atoms with Gasteiger partial charge < -0.3 is 10.6 Å². The Hall–Kier alpha value is -2.97. The highest BCUT2D eigenvalue weighted by Crippen LogP contribution is 2.33. The van der Waals surface area contributed by atoms with Crippen LogP contribution in [0.25, 0.3) is 0 Å². The molecule has 2 amide bonds. The van der Waals surface area contributed by atoms with Crippen LogP contribution in [-0.4, -0.2) is 29.0 Å². The minimum absolute atomic E-state index is 0.00608. The van der Waals surface area contributed by atoms with Gasteiger partial charge in [-0.2, -0.15) is 13.2 Å². The zero-order valence-electron chi connectivity index (χ0n) is 15.5. The Labute approximate surface area is 164 Å². The summed E-state index contributed by atoms with van der Waals surface area (Å²) in [7, 11) is 0. The maximum absolute atomic E-state index is 14.4. The number of benzene rings is 1. The second kappa shape index (κ2) is 8.18. The molecule has 1 aromatic carbocycles. The molecule has 1 aliphatic carbocycles. The number of nitrogens with zero attached hydrogens (tertiary/aromatic N) is 1. The zero-order chi connectivity index (χ0) is 21.2. The number of pyridine rings is 1. The van der Waals surface area contributed by atoms with Crippen LogP contribution in [0.1, 0.15) is 57.1 Å². The molecule has 1 aromatic heterocycles. The molecule has 1 heterocycles. The number of hydrogen-bond donors (Lipinski definition) is 2. The lowest BCUT2D eigenvalue weighted by atomic mass is 9.95. The first kappa shape index (κ1) is 20.8. The first-order valence-electron chi connectivity index (χ1n) is 9.02. The fourth-order valence-corrected chi connectivity index (χ4v) is 2.90. The van der Waals surface area contributed by atoms with Gasteiger partial charge in [-0.15, -0.1) is 0 Å². The van der Waals surface area contributed by atoms with Crippen molar-refractivity contribution >= 4 is 11.8 Å². The summed E-state index contributed by atoms with van der Waals surface area (Å²) in [6.07, 6.45) is -1.77. The zero-order valence-corrected chi connectivity index (χ0v) is 15.5. The van der Waals surface area contributed by atoms with Gasteiger partial charge in [-0.25, -0.2) is 4.39 Å². The van der Waals surface area contributed by atoms with Gasteiger partial charge in [0.1, 0.15) is 5.82 Å². The third-order valence-electron chi connectivity index (χ3n) is 4.60. The molecule has 1 unspecified atom stereocenters. The fourth-order valence-electron chi connectivity index (χ4n) is 2.90. The van der Waals surface area contributed by atoms with Crippen molar-refractivity contribution < 1.29 is 27.2 Å². The molecule has 1 aliphatic rings. The summed E-state index contributed by atoms with van der Waals surface area (Å²) in [5.41, 5.74) is -0.174. The number of hydrogen-bond acceptors (Lipinski definition) is 3. The Balaban J connectivity index is 1.94. The maximum atomic E-state index is 14.4. The Kier molecular flexibility index (Phi) is 5.86. The van der Waals surface area contributed by atoms with Crippen LogP contribution in [0, 0.1) is 12.7 Å². The van der Waals surface area contributed by atoms with E-state index in [4.69, 9.17) is 0 Å². The highest BCUT2D eigenvalue weighted by molar-refractivity contribution is 5.95. The van der Waals surface area contributed by atoms with Crippen LogP contribution in [0.4, 0.5) is 17.6 Å². The molecule has 3 rings (SSSR count). The molecule has 0 saturated heterocycles. The second-order valence-electron chi connectivity index (χ2n) is 7.01. The highest BCUT2D eigenvalue weighted by atomic mass is 19.4. The van der Waals surface area contributed by atoms with Gasteiger partial charge >= 0.3 is 6.18 Å². The average Bonchev–Trinajstić information content (AvgIpc) is 3.46. The Bertz CT molecular complexity index is 912. The number of alkyl halides is 3. The molecule has 29 heavy (non-hydrogen) atoms. The topological polar surface area (TPSA) is 71.1 Å². The fraction of sp³-hybridized carbons (Fsp3) is 0.350. The first-order chi connectivity index (χ1) is 13.6. The molecular formula is C20H19F4N3O2. The number of amides is 2.